The number of nitrogens with one attached hydrogen (secondary N) is 1. The molecule has 2 aromatic rings. The van der Waals surface area contributed by atoms with E-state index in [-0.39, 0.29) is 18.3 Å². The van der Waals surface area contributed by atoms with Crippen LogP contribution in [0.15, 0.2) is 18.2 Å². The number of fused-ring (bicyclic) bond motifs is 1. The number of thiophene rings is 1. The predicted octanol–water partition coefficient (Wildman–Crippen LogP) is 3.69. The molecule has 1 fully saturated rings. The molecule has 8 heteroatoms. The molecule has 1 amide bonds. The number of carbonyl (C=O) groups is 1. The van der Waals surface area contributed by atoms with Crippen LogP contribution >= 0.6 is 46.9 Å². The van der Waals surface area contributed by atoms with Crippen molar-refractivity contribution in [2.45, 2.75) is 0 Å². The Hall–Kier alpha value is -0.560. The molecule has 0 unspecified atom stereocenters. The van der Waals surface area contributed by atoms with Crippen LogP contribution in [0, 0.1) is 0 Å². The minimum Gasteiger partial charge on any atom is -0.379 e. The van der Waals surface area contributed by atoms with Crippen molar-refractivity contribution in [2.24, 2.45) is 0 Å². The van der Waals surface area contributed by atoms with Crippen LogP contribution in [-0.4, -0.2) is 50.2 Å². The maximum Gasteiger partial charge on any atom is 0.262 e. The summed E-state index contributed by atoms with van der Waals surface area (Å²) < 4.78 is 6.23. The van der Waals surface area contributed by atoms with Crippen molar-refractivity contribution >= 4 is 62.9 Å². The lowest BCUT2D eigenvalue weighted by atomic mass is 10.2. The first-order valence-electron chi connectivity index (χ1n) is 7.11. The summed E-state index contributed by atoms with van der Waals surface area (Å²) in [5, 5.41) is 4.95. The molecule has 1 saturated heterocycles. The van der Waals surface area contributed by atoms with E-state index in [2.05, 4.69) is 10.2 Å². The number of carbonyl (C=O) groups excluding carboxylic acids is 1. The molecule has 0 atom stereocenters. The van der Waals surface area contributed by atoms with Gasteiger partial charge in [0.2, 0.25) is 0 Å². The molecule has 1 aliphatic rings. The van der Waals surface area contributed by atoms with E-state index < -0.39 is 0 Å². The Bertz CT molecular complexity index is 687. The number of rotatable bonds is 4. The minimum atomic E-state index is -0.129. The molecular formula is C15H17Cl3N2O2S. The first-order valence-corrected chi connectivity index (χ1v) is 8.68. The molecule has 1 aliphatic heterocycles. The largest absolute Gasteiger partial charge is 0.379 e. The average molecular weight is 396 g/mol. The summed E-state index contributed by atoms with van der Waals surface area (Å²) in [4.78, 5) is 15.1. The van der Waals surface area contributed by atoms with Gasteiger partial charge in [-0.25, -0.2) is 0 Å². The van der Waals surface area contributed by atoms with Gasteiger partial charge in [-0.3, -0.25) is 9.69 Å². The molecule has 0 radical (unpaired) electrons. The zero-order chi connectivity index (χ0) is 15.5. The normalized spacial score (nSPS) is 15.4. The molecule has 4 nitrogen and oxygen atoms in total. The van der Waals surface area contributed by atoms with Crippen molar-refractivity contribution in [3.05, 3.63) is 33.1 Å². The van der Waals surface area contributed by atoms with Crippen LogP contribution in [0.4, 0.5) is 0 Å². The smallest absolute Gasteiger partial charge is 0.262 e. The monoisotopic (exact) mass is 394 g/mol. The molecule has 2 heterocycles. The highest BCUT2D eigenvalue weighted by Crippen LogP contribution is 2.36. The van der Waals surface area contributed by atoms with E-state index in [9.17, 15) is 4.79 Å². The molecule has 1 N–H and O–H groups in total. The molecule has 0 bridgehead atoms. The Balaban J connectivity index is 0.00000192. The summed E-state index contributed by atoms with van der Waals surface area (Å²) in [6.45, 7) is 4.78. The lowest BCUT2D eigenvalue weighted by Crippen LogP contribution is -2.41. The zero-order valence-electron chi connectivity index (χ0n) is 12.3. The van der Waals surface area contributed by atoms with E-state index in [1.807, 2.05) is 12.1 Å². The second kappa shape index (κ2) is 8.51. The van der Waals surface area contributed by atoms with Gasteiger partial charge in [-0.2, -0.15) is 0 Å². The highest BCUT2D eigenvalue weighted by atomic mass is 35.5. The summed E-state index contributed by atoms with van der Waals surface area (Å²) >= 11 is 13.7. The summed E-state index contributed by atoms with van der Waals surface area (Å²) in [6.07, 6.45) is 0. The van der Waals surface area contributed by atoms with E-state index in [0.29, 0.717) is 21.5 Å². The fraction of sp³-hybridized carbons (Fsp3) is 0.400. The van der Waals surface area contributed by atoms with Crippen LogP contribution in [-0.2, 0) is 4.74 Å². The van der Waals surface area contributed by atoms with Crippen molar-refractivity contribution in [2.75, 3.05) is 39.4 Å². The Morgan fingerprint density at radius 1 is 1.30 bits per heavy atom. The van der Waals surface area contributed by atoms with Crippen molar-refractivity contribution in [3.63, 3.8) is 0 Å². The number of ether oxygens (including phenoxy) is 1. The summed E-state index contributed by atoms with van der Waals surface area (Å²) in [6, 6.07) is 5.46. The van der Waals surface area contributed by atoms with E-state index in [0.717, 1.165) is 42.9 Å². The molecule has 1 aromatic carbocycles. The maximum atomic E-state index is 12.3. The number of hydrogen-bond acceptors (Lipinski definition) is 4. The lowest BCUT2D eigenvalue weighted by Gasteiger charge is -2.26. The lowest BCUT2D eigenvalue weighted by molar-refractivity contribution is 0.0383. The van der Waals surface area contributed by atoms with Crippen LogP contribution in [0.1, 0.15) is 9.67 Å². The number of hydrogen-bond donors (Lipinski definition) is 1. The number of halogens is 3. The molecule has 0 saturated carbocycles. The van der Waals surface area contributed by atoms with Crippen molar-refractivity contribution < 1.29 is 9.53 Å². The number of nitrogens with zero attached hydrogens (tertiary/aromatic N) is 1. The van der Waals surface area contributed by atoms with E-state index in [1.54, 1.807) is 6.07 Å². The van der Waals surface area contributed by atoms with Crippen molar-refractivity contribution in [1.82, 2.24) is 10.2 Å². The Morgan fingerprint density at radius 2 is 2.04 bits per heavy atom. The Morgan fingerprint density at radius 3 is 2.78 bits per heavy atom. The van der Waals surface area contributed by atoms with Gasteiger partial charge in [-0.05, 0) is 12.1 Å². The van der Waals surface area contributed by atoms with Gasteiger partial charge in [-0.15, -0.1) is 23.7 Å². The number of benzene rings is 1. The third kappa shape index (κ3) is 4.50. The Kier molecular flexibility index (Phi) is 6.95. The SMILES string of the molecule is Cl.O=C(NCCN1CCOCC1)c1sc2cc(Cl)ccc2c1Cl. The second-order valence-corrected chi connectivity index (χ2v) is 6.96. The van der Waals surface area contributed by atoms with Crippen LogP contribution in [0.2, 0.25) is 10.0 Å². The summed E-state index contributed by atoms with van der Waals surface area (Å²) in [5.74, 6) is -0.129. The van der Waals surface area contributed by atoms with E-state index >= 15 is 0 Å². The van der Waals surface area contributed by atoms with Gasteiger partial charge in [0.25, 0.3) is 5.91 Å². The van der Waals surface area contributed by atoms with E-state index in [1.165, 1.54) is 11.3 Å². The number of amides is 1. The third-order valence-electron chi connectivity index (χ3n) is 3.62. The topological polar surface area (TPSA) is 41.6 Å². The molecule has 3 rings (SSSR count). The molecule has 0 spiro atoms. The molecule has 0 aliphatic carbocycles. The number of morpholine rings is 1. The van der Waals surface area contributed by atoms with Crippen LogP contribution in [0.5, 0.6) is 0 Å². The molecular weight excluding hydrogens is 379 g/mol. The van der Waals surface area contributed by atoms with Crippen molar-refractivity contribution in [3.8, 4) is 0 Å². The van der Waals surface area contributed by atoms with Crippen LogP contribution < -0.4 is 5.32 Å². The van der Waals surface area contributed by atoms with Gasteiger partial charge in [0.05, 0.1) is 18.2 Å². The molecule has 1 aromatic heterocycles. The highest BCUT2D eigenvalue weighted by molar-refractivity contribution is 7.21. The second-order valence-electron chi connectivity index (χ2n) is 5.10. The van der Waals surface area contributed by atoms with Gasteiger partial charge in [0.15, 0.2) is 0 Å². The standard InChI is InChI=1S/C15H16Cl2N2O2S.ClH/c16-10-1-2-11-12(9-10)22-14(13(11)17)15(20)18-3-4-19-5-7-21-8-6-19;/h1-2,9H,3-8H2,(H,18,20);1H. The fourth-order valence-electron chi connectivity index (χ4n) is 2.42. The van der Waals surface area contributed by atoms with Gasteiger partial charge >= 0.3 is 0 Å². The van der Waals surface area contributed by atoms with Gasteiger partial charge in [0, 0.05) is 41.3 Å². The first kappa shape index (κ1) is 18.8. The highest BCUT2D eigenvalue weighted by Gasteiger charge is 2.17. The maximum absolute atomic E-state index is 12.3. The van der Waals surface area contributed by atoms with Gasteiger partial charge in [-0.1, -0.05) is 29.3 Å². The van der Waals surface area contributed by atoms with Gasteiger partial charge < -0.3 is 10.1 Å². The van der Waals surface area contributed by atoms with Crippen LogP contribution in [0.3, 0.4) is 0 Å². The van der Waals surface area contributed by atoms with Crippen molar-refractivity contribution in [1.29, 1.82) is 0 Å². The minimum absolute atomic E-state index is 0. The quantitative estimate of drug-likeness (QED) is 0.858. The van der Waals surface area contributed by atoms with Gasteiger partial charge in [0.1, 0.15) is 4.88 Å². The Labute approximate surface area is 155 Å². The predicted molar refractivity (Wildman–Crippen MR) is 98.7 cm³/mol. The zero-order valence-corrected chi connectivity index (χ0v) is 15.5. The first-order chi connectivity index (χ1) is 10.6. The third-order valence-corrected chi connectivity index (χ3v) is 5.51. The molecule has 126 valence electrons. The molecule has 23 heavy (non-hydrogen) atoms. The fourth-order valence-corrected chi connectivity index (χ4v) is 4.13. The van der Waals surface area contributed by atoms with E-state index in [4.69, 9.17) is 27.9 Å². The summed E-state index contributed by atoms with van der Waals surface area (Å²) in [5.41, 5.74) is 0. The average Bonchev–Trinajstić information content (AvgIpc) is 2.84. The summed E-state index contributed by atoms with van der Waals surface area (Å²) in [7, 11) is 0. The van der Waals surface area contributed by atoms with Crippen LogP contribution in [0.25, 0.3) is 10.1 Å².